The molecule has 0 unspecified atom stereocenters. The van der Waals surface area contributed by atoms with E-state index in [4.69, 9.17) is 4.74 Å². The van der Waals surface area contributed by atoms with Gasteiger partial charge in [-0.05, 0) is 67.9 Å². The summed E-state index contributed by atoms with van der Waals surface area (Å²) in [6.45, 7) is -7.10. The molecule has 32 heavy (non-hydrogen) atoms. The number of Topliss-reactive ketones (excluding diaryl/α,β-unsaturated/α-hetero) is 1. The second-order valence-corrected chi connectivity index (χ2v) is 11.0. The van der Waals surface area contributed by atoms with E-state index >= 15 is 0 Å². The number of rotatable bonds is 9. The van der Waals surface area contributed by atoms with E-state index in [1.165, 1.54) is 6.42 Å². The minimum absolute atomic E-state index is 0.0801. The number of alkyl halides is 5. The first-order chi connectivity index (χ1) is 15.0. The molecule has 0 aromatic heterocycles. The second-order valence-electron chi connectivity index (χ2n) is 9.29. The average molecular weight is 523 g/mol. The number of hydrogen-bond acceptors (Lipinski definition) is 5. The van der Waals surface area contributed by atoms with Crippen LogP contribution in [0.3, 0.4) is 0 Å². The largest absolute Gasteiger partial charge is 0.457 e. The molecule has 0 N–H and O–H groups in total. The summed E-state index contributed by atoms with van der Waals surface area (Å²) in [6, 6.07) is 2.84. The van der Waals surface area contributed by atoms with Crippen molar-refractivity contribution in [3.05, 3.63) is 23.8 Å². The molecule has 4 fully saturated rings. The van der Waals surface area contributed by atoms with Crippen molar-refractivity contribution in [3.63, 3.8) is 0 Å². The Morgan fingerprint density at radius 1 is 1.03 bits per heavy atom. The fraction of sp³-hybridized carbons (Fsp3) is 0.636. The number of ether oxygens (including phenoxy) is 3. The predicted octanol–water partition coefficient (Wildman–Crippen LogP) is 5.74. The molecule has 0 saturated heterocycles. The molecule has 176 valence electrons. The predicted molar refractivity (Wildman–Crippen MR) is 108 cm³/mol. The maximum atomic E-state index is 12.7. The molecule has 1 aromatic rings. The van der Waals surface area contributed by atoms with Gasteiger partial charge in [0.2, 0.25) is 5.78 Å². The first-order valence-electron chi connectivity index (χ1n) is 10.5. The summed E-state index contributed by atoms with van der Waals surface area (Å²) in [5.74, 6) is -1.16. The Kier molecular flexibility index (Phi) is 6.44. The number of hydrogen-bond donors (Lipinski definition) is 0. The molecule has 4 saturated carbocycles. The number of carbonyl (C=O) groups is 2. The lowest BCUT2D eigenvalue weighted by molar-refractivity contribution is -0.149. The van der Waals surface area contributed by atoms with Crippen LogP contribution >= 0.6 is 15.9 Å². The molecule has 0 aliphatic heterocycles. The fourth-order valence-corrected chi connectivity index (χ4v) is 7.74. The van der Waals surface area contributed by atoms with Crippen LogP contribution < -0.4 is 9.47 Å². The van der Waals surface area contributed by atoms with Crippen LogP contribution in [-0.4, -0.2) is 35.9 Å². The van der Waals surface area contributed by atoms with E-state index in [-0.39, 0.29) is 21.7 Å². The van der Waals surface area contributed by atoms with Crippen molar-refractivity contribution in [2.45, 2.75) is 62.5 Å². The third-order valence-corrected chi connectivity index (χ3v) is 7.62. The Morgan fingerprint density at radius 3 is 2.28 bits per heavy atom. The van der Waals surface area contributed by atoms with E-state index < -0.39 is 43.1 Å². The lowest BCUT2D eigenvalue weighted by Gasteiger charge is -2.60. The normalized spacial score (nSPS) is 30.6. The fourth-order valence-electron chi connectivity index (χ4n) is 6.23. The van der Waals surface area contributed by atoms with Crippen molar-refractivity contribution in [1.29, 1.82) is 0 Å². The molecular weight excluding hydrogens is 500 g/mol. The molecule has 4 bridgehead atoms. The van der Waals surface area contributed by atoms with Gasteiger partial charge in [0.15, 0.2) is 6.61 Å². The molecule has 2 atom stereocenters. The van der Waals surface area contributed by atoms with Gasteiger partial charge in [0.1, 0.15) is 11.5 Å². The van der Waals surface area contributed by atoms with Gasteiger partial charge in [0.05, 0.1) is 12.0 Å². The van der Waals surface area contributed by atoms with E-state index in [9.17, 15) is 27.2 Å². The third-order valence-electron chi connectivity index (χ3n) is 6.69. The molecule has 0 spiro atoms. The quantitative estimate of drug-likeness (QED) is 0.179. The Morgan fingerprint density at radius 2 is 1.69 bits per heavy atom. The number of benzene rings is 1. The van der Waals surface area contributed by atoms with Gasteiger partial charge < -0.3 is 14.2 Å². The van der Waals surface area contributed by atoms with Gasteiger partial charge in [-0.25, -0.2) is 0 Å². The molecule has 1 aromatic carbocycles. The van der Waals surface area contributed by atoms with Crippen LogP contribution in [0.1, 0.15) is 55.3 Å². The summed E-state index contributed by atoms with van der Waals surface area (Å²) in [7, 11) is 0. The smallest absolute Gasteiger partial charge is 0.387 e. The van der Waals surface area contributed by atoms with Gasteiger partial charge in [-0.15, -0.1) is 0 Å². The lowest BCUT2D eigenvalue weighted by atomic mass is 9.49. The minimum Gasteiger partial charge on any atom is -0.457 e. The number of halogens is 5. The highest BCUT2D eigenvalue weighted by atomic mass is 79.9. The number of esters is 1. The van der Waals surface area contributed by atoms with Crippen molar-refractivity contribution in [1.82, 2.24) is 0 Å². The SMILES string of the molecule is O=C(CC12C[C@@H]3C[C@H](CC(Br)(C3)C1)C2)OCC(=O)c1ccc(OC(F)F)cc1OC(F)F. The summed E-state index contributed by atoms with van der Waals surface area (Å²) in [4.78, 5) is 25.1. The maximum absolute atomic E-state index is 12.7. The molecule has 4 aliphatic rings. The summed E-state index contributed by atoms with van der Waals surface area (Å²) in [6.07, 6.45) is 6.49. The van der Waals surface area contributed by atoms with Crippen LogP contribution in [0.2, 0.25) is 0 Å². The summed E-state index contributed by atoms with van der Waals surface area (Å²) >= 11 is 3.88. The summed E-state index contributed by atoms with van der Waals surface area (Å²) in [5, 5.41) is 0. The molecule has 0 amide bonds. The van der Waals surface area contributed by atoms with Gasteiger partial charge in [-0.2, -0.15) is 17.6 Å². The van der Waals surface area contributed by atoms with Crippen LogP contribution in [0, 0.1) is 17.3 Å². The van der Waals surface area contributed by atoms with Crippen LogP contribution in [0.4, 0.5) is 17.6 Å². The van der Waals surface area contributed by atoms with E-state index in [1.807, 2.05) is 0 Å². The van der Waals surface area contributed by atoms with E-state index in [1.54, 1.807) is 0 Å². The van der Waals surface area contributed by atoms with Gasteiger partial charge in [0.25, 0.3) is 0 Å². The number of ketones is 1. The highest BCUT2D eigenvalue weighted by molar-refractivity contribution is 9.10. The van der Waals surface area contributed by atoms with Crippen molar-refractivity contribution in [2.24, 2.45) is 17.3 Å². The van der Waals surface area contributed by atoms with Crippen LogP contribution in [-0.2, 0) is 9.53 Å². The van der Waals surface area contributed by atoms with Gasteiger partial charge in [-0.3, -0.25) is 9.59 Å². The first-order valence-corrected chi connectivity index (χ1v) is 11.3. The molecule has 4 aliphatic carbocycles. The lowest BCUT2D eigenvalue weighted by Crippen LogP contribution is -2.53. The highest BCUT2D eigenvalue weighted by Gasteiger charge is 2.57. The van der Waals surface area contributed by atoms with Gasteiger partial charge in [0, 0.05) is 10.4 Å². The third kappa shape index (κ3) is 5.21. The minimum atomic E-state index is -3.28. The van der Waals surface area contributed by atoms with Crippen LogP contribution in [0.5, 0.6) is 11.5 Å². The standard InChI is InChI=1S/C22H23BrF4O5/c23-22-7-12-3-13(8-22)6-21(5-12,11-22)9-18(29)30-10-16(28)15-2-1-14(31-19(24)25)4-17(15)32-20(26)27/h1-2,4,12-13,19-20H,3,5-11H2/t12-,13-,21?,22?/m0/s1. The van der Waals surface area contributed by atoms with Gasteiger partial charge in [-0.1, -0.05) is 15.9 Å². The van der Waals surface area contributed by atoms with Gasteiger partial charge >= 0.3 is 19.2 Å². The molecular formula is C22H23BrF4O5. The van der Waals surface area contributed by atoms with E-state index in [2.05, 4.69) is 25.4 Å². The zero-order chi connectivity index (χ0) is 23.1. The van der Waals surface area contributed by atoms with Crippen molar-refractivity contribution in [3.8, 4) is 11.5 Å². The Labute approximate surface area is 190 Å². The van der Waals surface area contributed by atoms with Crippen molar-refractivity contribution in [2.75, 3.05) is 6.61 Å². The average Bonchev–Trinajstić information content (AvgIpc) is 2.63. The summed E-state index contributed by atoms with van der Waals surface area (Å²) < 4.78 is 63.9. The Balaban J connectivity index is 1.38. The van der Waals surface area contributed by atoms with Crippen molar-refractivity contribution < 1.29 is 41.4 Å². The van der Waals surface area contributed by atoms with E-state index in [0.717, 1.165) is 50.3 Å². The molecule has 0 heterocycles. The molecule has 0 radical (unpaired) electrons. The van der Waals surface area contributed by atoms with Crippen LogP contribution in [0.15, 0.2) is 18.2 Å². The maximum Gasteiger partial charge on any atom is 0.387 e. The van der Waals surface area contributed by atoms with Crippen molar-refractivity contribution >= 4 is 27.7 Å². The monoisotopic (exact) mass is 522 g/mol. The zero-order valence-corrected chi connectivity index (χ0v) is 18.7. The molecule has 5 nitrogen and oxygen atoms in total. The molecule has 10 heteroatoms. The first kappa shape index (κ1) is 23.3. The Hall–Kier alpha value is -1.84. The zero-order valence-electron chi connectivity index (χ0n) is 17.1. The topological polar surface area (TPSA) is 61.8 Å². The highest BCUT2D eigenvalue weighted by Crippen LogP contribution is 2.65. The second kappa shape index (κ2) is 8.83. The van der Waals surface area contributed by atoms with E-state index in [0.29, 0.717) is 11.8 Å². The number of carbonyl (C=O) groups excluding carboxylic acids is 2. The van der Waals surface area contributed by atoms with Crippen LogP contribution in [0.25, 0.3) is 0 Å². The Bertz CT molecular complexity index is 879. The summed E-state index contributed by atoms with van der Waals surface area (Å²) in [5.41, 5.74) is -0.444. The molecule has 5 rings (SSSR count).